The number of carbonyl (C=O) groups is 2. The van der Waals surface area contributed by atoms with E-state index in [0.29, 0.717) is 29.4 Å². The summed E-state index contributed by atoms with van der Waals surface area (Å²) in [6, 6.07) is 17.1. The molecular formula is C27H25BrN2O4. The van der Waals surface area contributed by atoms with Crippen LogP contribution in [-0.4, -0.2) is 33.3 Å². The molecule has 0 aliphatic carbocycles. The second-order valence-electron chi connectivity index (χ2n) is 8.57. The van der Waals surface area contributed by atoms with E-state index in [0.717, 1.165) is 10.0 Å². The maximum atomic E-state index is 13.2. The van der Waals surface area contributed by atoms with Crippen molar-refractivity contribution in [3.63, 3.8) is 0 Å². The van der Waals surface area contributed by atoms with Gasteiger partial charge in [-0.05, 0) is 47.4 Å². The van der Waals surface area contributed by atoms with Gasteiger partial charge in [0.25, 0.3) is 11.7 Å². The summed E-state index contributed by atoms with van der Waals surface area (Å²) >= 11 is 3.38. The average Bonchev–Trinajstić information content (AvgIpc) is 3.08. The number of nitrogens with zero attached hydrogens (tertiary/aromatic N) is 2. The summed E-state index contributed by atoms with van der Waals surface area (Å²) < 4.78 is 6.73. The van der Waals surface area contributed by atoms with Crippen LogP contribution >= 0.6 is 15.9 Å². The Morgan fingerprint density at radius 1 is 1.12 bits per heavy atom. The lowest BCUT2D eigenvalue weighted by molar-refractivity contribution is -0.140. The summed E-state index contributed by atoms with van der Waals surface area (Å²) in [5, 5.41) is 11.2. The number of Topliss-reactive ketones (excluding diaryl/α,β-unsaturated/α-hetero) is 1. The maximum absolute atomic E-state index is 13.2. The van der Waals surface area contributed by atoms with Gasteiger partial charge in [-0.25, -0.2) is 0 Å². The number of ether oxygens (including phenoxy) is 1. The van der Waals surface area contributed by atoms with Gasteiger partial charge in [0.2, 0.25) is 0 Å². The van der Waals surface area contributed by atoms with Crippen molar-refractivity contribution in [2.75, 3.05) is 6.61 Å². The van der Waals surface area contributed by atoms with Crippen LogP contribution in [0.4, 0.5) is 0 Å². The first-order valence-corrected chi connectivity index (χ1v) is 11.8. The SMILES string of the molecule is CC(C)COc1cccc(C2/C(=C(/O)c3ccc(Br)cc3)C(=O)C(=O)N2Cc2cccnc2)c1. The number of amides is 1. The summed E-state index contributed by atoms with van der Waals surface area (Å²) in [6.07, 6.45) is 3.31. The van der Waals surface area contributed by atoms with Crippen molar-refractivity contribution in [3.05, 3.63) is 99.8 Å². The standard InChI is InChI=1S/C27H25BrN2O4/c1-17(2)16-34-22-7-3-6-20(13-22)24-23(25(31)19-8-10-21(28)11-9-19)26(32)27(33)30(24)15-18-5-4-12-29-14-18/h3-14,17,24,31H,15-16H2,1-2H3/b25-23-. The molecule has 1 unspecified atom stereocenters. The van der Waals surface area contributed by atoms with E-state index in [4.69, 9.17) is 4.74 Å². The van der Waals surface area contributed by atoms with Gasteiger partial charge < -0.3 is 14.7 Å². The van der Waals surface area contributed by atoms with Gasteiger partial charge in [-0.15, -0.1) is 0 Å². The third-order valence-electron chi connectivity index (χ3n) is 5.49. The number of likely N-dealkylation sites (tertiary alicyclic amines) is 1. The topological polar surface area (TPSA) is 79.7 Å². The first-order chi connectivity index (χ1) is 16.3. The first kappa shape index (κ1) is 23.7. The van der Waals surface area contributed by atoms with Crippen LogP contribution < -0.4 is 4.74 Å². The molecule has 4 rings (SSSR count). The second-order valence-corrected chi connectivity index (χ2v) is 9.49. The Hall–Kier alpha value is -3.45. The zero-order valence-electron chi connectivity index (χ0n) is 18.9. The van der Waals surface area contributed by atoms with Gasteiger partial charge in [0, 0.05) is 29.0 Å². The van der Waals surface area contributed by atoms with E-state index in [1.54, 1.807) is 42.7 Å². The zero-order valence-corrected chi connectivity index (χ0v) is 20.5. The predicted molar refractivity (Wildman–Crippen MR) is 133 cm³/mol. The molecule has 1 N–H and O–H groups in total. The monoisotopic (exact) mass is 520 g/mol. The lowest BCUT2D eigenvalue weighted by Crippen LogP contribution is -2.29. The smallest absolute Gasteiger partial charge is 0.295 e. The number of aliphatic hydroxyl groups is 1. The fraction of sp³-hybridized carbons (Fsp3) is 0.222. The molecule has 2 aromatic carbocycles. The van der Waals surface area contributed by atoms with E-state index < -0.39 is 17.7 Å². The van der Waals surface area contributed by atoms with E-state index in [1.807, 2.05) is 30.3 Å². The number of benzene rings is 2. The number of carbonyl (C=O) groups excluding carboxylic acids is 2. The van der Waals surface area contributed by atoms with Gasteiger partial charge in [0.05, 0.1) is 18.2 Å². The molecule has 2 heterocycles. The Kier molecular flexibility index (Phi) is 7.12. The highest BCUT2D eigenvalue weighted by atomic mass is 79.9. The van der Waals surface area contributed by atoms with Gasteiger partial charge in [0.1, 0.15) is 11.5 Å². The first-order valence-electron chi connectivity index (χ1n) is 11.0. The Morgan fingerprint density at radius 3 is 2.56 bits per heavy atom. The maximum Gasteiger partial charge on any atom is 0.295 e. The van der Waals surface area contributed by atoms with E-state index in [-0.39, 0.29) is 17.9 Å². The molecule has 1 aliphatic rings. The van der Waals surface area contributed by atoms with E-state index in [9.17, 15) is 14.7 Å². The average molecular weight is 521 g/mol. The molecule has 1 aromatic heterocycles. The third-order valence-corrected chi connectivity index (χ3v) is 6.02. The van der Waals surface area contributed by atoms with Gasteiger partial charge in [-0.3, -0.25) is 14.6 Å². The molecule has 3 aromatic rings. The quantitative estimate of drug-likeness (QED) is 0.252. The normalized spacial score (nSPS) is 17.4. The molecule has 1 fully saturated rings. The number of aromatic nitrogens is 1. The number of aliphatic hydroxyl groups excluding tert-OH is 1. The highest BCUT2D eigenvalue weighted by Gasteiger charge is 2.46. The molecule has 7 heteroatoms. The van der Waals surface area contributed by atoms with Crippen molar-refractivity contribution in [2.24, 2.45) is 5.92 Å². The van der Waals surface area contributed by atoms with Crippen molar-refractivity contribution in [2.45, 2.75) is 26.4 Å². The highest BCUT2D eigenvalue weighted by molar-refractivity contribution is 9.10. The highest BCUT2D eigenvalue weighted by Crippen LogP contribution is 2.41. The minimum Gasteiger partial charge on any atom is -0.507 e. The van der Waals surface area contributed by atoms with Crippen LogP contribution in [0.5, 0.6) is 5.75 Å². The van der Waals surface area contributed by atoms with Gasteiger partial charge in [0.15, 0.2) is 0 Å². The fourth-order valence-electron chi connectivity index (χ4n) is 3.88. The second kappa shape index (κ2) is 10.2. The predicted octanol–water partition coefficient (Wildman–Crippen LogP) is 5.50. The fourth-order valence-corrected chi connectivity index (χ4v) is 4.14. The molecule has 34 heavy (non-hydrogen) atoms. The van der Waals surface area contributed by atoms with Crippen molar-refractivity contribution in [1.29, 1.82) is 0 Å². The Balaban J connectivity index is 1.82. The summed E-state index contributed by atoms with van der Waals surface area (Å²) in [6.45, 7) is 4.84. The Morgan fingerprint density at radius 2 is 1.88 bits per heavy atom. The number of hydrogen-bond donors (Lipinski definition) is 1. The molecular weight excluding hydrogens is 496 g/mol. The van der Waals surface area contributed by atoms with Gasteiger partial charge >= 0.3 is 0 Å². The van der Waals surface area contributed by atoms with Crippen LogP contribution in [0.2, 0.25) is 0 Å². The van der Waals surface area contributed by atoms with E-state index >= 15 is 0 Å². The number of halogens is 1. The molecule has 1 atom stereocenters. The molecule has 1 aliphatic heterocycles. The van der Waals surface area contributed by atoms with Crippen LogP contribution in [0, 0.1) is 5.92 Å². The van der Waals surface area contributed by atoms with Crippen LogP contribution in [-0.2, 0) is 16.1 Å². The summed E-state index contributed by atoms with van der Waals surface area (Å²) in [4.78, 5) is 32.0. The lowest BCUT2D eigenvalue weighted by Gasteiger charge is -2.25. The minimum absolute atomic E-state index is 0.0530. The lowest BCUT2D eigenvalue weighted by atomic mass is 9.95. The third kappa shape index (κ3) is 5.04. The zero-order chi connectivity index (χ0) is 24.2. The summed E-state index contributed by atoms with van der Waals surface area (Å²) in [5.74, 6) is -0.610. The molecule has 6 nitrogen and oxygen atoms in total. The summed E-state index contributed by atoms with van der Waals surface area (Å²) in [7, 11) is 0. The Labute approximate surface area is 207 Å². The molecule has 0 spiro atoms. The number of pyridine rings is 1. The van der Waals surface area contributed by atoms with E-state index in [2.05, 4.69) is 34.8 Å². The van der Waals surface area contributed by atoms with Crippen molar-refractivity contribution < 1.29 is 19.4 Å². The van der Waals surface area contributed by atoms with Gasteiger partial charge in [-0.1, -0.05) is 60.1 Å². The van der Waals surface area contributed by atoms with Crippen molar-refractivity contribution in [3.8, 4) is 5.75 Å². The molecule has 0 radical (unpaired) electrons. The minimum atomic E-state index is -0.772. The largest absolute Gasteiger partial charge is 0.507 e. The van der Waals surface area contributed by atoms with Crippen LogP contribution in [0.3, 0.4) is 0 Å². The van der Waals surface area contributed by atoms with Crippen LogP contribution in [0.25, 0.3) is 5.76 Å². The molecule has 174 valence electrons. The molecule has 1 amide bonds. The summed E-state index contributed by atoms with van der Waals surface area (Å²) in [5.41, 5.74) is 1.98. The number of rotatable bonds is 7. The number of hydrogen-bond acceptors (Lipinski definition) is 5. The van der Waals surface area contributed by atoms with Crippen LogP contribution in [0.1, 0.15) is 36.6 Å². The molecule has 1 saturated heterocycles. The molecule has 0 saturated carbocycles. The molecule has 0 bridgehead atoms. The van der Waals surface area contributed by atoms with Crippen molar-refractivity contribution >= 4 is 33.4 Å². The van der Waals surface area contributed by atoms with Crippen molar-refractivity contribution in [1.82, 2.24) is 9.88 Å². The van der Waals surface area contributed by atoms with Crippen LogP contribution in [0.15, 0.2) is 83.1 Å². The van der Waals surface area contributed by atoms with Gasteiger partial charge in [-0.2, -0.15) is 0 Å². The number of ketones is 1. The Bertz CT molecular complexity index is 1220. The van der Waals surface area contributed by atoms with E-state index in [1.165, 1.54) is 4.90 Å².